The fraction of sp³-hybridized carbons (Fsp3) is 0.500. The molecule has 19 heavy (non-hydrogen) atoms. The first-order chi connectivity index (χ1) is 8.79. The number of rotatable bonds is 4. The maximum absolute atomic E-state index is 13.4. The zero-order chi connectivity index (χ0) is 15.0. The molecule has 5 heteroatoms. The Labute approximate surface area is 113 Å². The monoisotopic (exact) mass is 273 g/mol. The van der Waals surface area contributed by atoms with Gasteiger partial charge in [-0.25, -0.2) is 4.39 Å². The van der Waals surface area contributed by atoms with E-state index in [1.807, 2.05) is 13.8 Å². The largest absolute Gasteiger partial charge is 0.491 e. The van der Waals surface area contributed by atoms with Gasteiger partial charge in [0.1, 0.15) is 5.78 Å². The third-order valence-electron chi connectivity index (χ3n) is 1.79. The Bertz CT molecular complexity index is 416. The van der Waals surface area contributed by atoms with Crippen LogP contribution in [0.1, 0.15) is 34.6 Å². The molecule has 0 saturated carbocycles. The first-order valence-corrected chi connectivity index (χ1v) is 6.14. The average Bonchev–Trinajstić information content (AvgIpc) is 2.28. The van der Waals surface area contributed by atoms with Crippen molar-refractivity contribution in [1.29, 1.82) is 0 Å². The Morgan fingerprint density at radius 1 is 1.26 bits per heavy atom. The second-order valence-corrected chi connectivity index (χ2v) is 4.38. The molecule has 0 radical (unpaired) electrons. The number of hydrogen-bond acceptors (Lipinski definition) is 3. The summed E-state index contributed by atoms with van der Waals surface area (Å²) in [6, 6.07) is 2.95. The van der Waals surface area contributed by atoms with Gasteiger partial charge in [0.15, 0.2) is 11.6 Å². The number of carbonyl (C=O) groups excluding carboxylic acids is 1. The minimum Gasteiger partial charge on any atom is -0.491 e. The molecular formula is C14H21F2NO2. The van der Waals surface area contributed by atoms with Crippen LogP contribution in [0, 0.1) is 11.6 Å². The Morgan fingerprint density at radius 3 is 2.21 bits per heavy atom. The molecular weight excluding hydrogens is 252 g/mol. The fourth-order valence-corrected chi connectivity index (χ4v) is 1.22. The number of hydrogen-bond donors (Lipinski definition) is 1. The summed E-state index contributed by atoms with van der Waals surface area (Å²) in [5, 5.41) is 2.81. The summed E-state index contributed by atoms with van der Waals surface area (Å²) >= 11 is 0. The molecule has 0 spiro atoms. The number of ether oxygens (including phenoxy) is 1. The number of Topliss-reactive ketones (excluding diaryl/α,β-unsaturated/α-hetero) is 1. The number of anilines is 1. The van der Waals surface area contributed by atoms with Gasteiger partial charge >= 0.3 is 0 Å². The van der Waals surface area contributed by atoms with E-state index < -0.39 is 11.6 Å². The number of benzene rings is 1. The quantitative estimate of drug-likeness (QED) is 0.907. The number of ketones is 1. The molecule has 0 aliphatic heterocycles. The van der Waals surface area contributed by atoms with Crippen LogP contribution in [0.15, 0.2) is 12.1 Å². The first-order valence-electron chi connectivity index (χ1n) is 6.14. The molecule has 108 valence electrons. The Morgan fingerprint density at radius 2 is 1.79 bits per heavy atom. The van der Waals surface area contributed by atoms with E-state index in [-0.39, 0.29) is 23.3 Å². The standard InChI is InChI=1S/C11H15F2NO.C3H6O/c1-4-15-9-6-5-8(14-7(2)3)10(12)11(9)13;1-3(2)4/h5-7,14H,4H2,1-3H3;1-2H3. The van der Waals surface area contributed by atoms with Crippen LogP contribution in [0.5, 0.6) is 5.75 Å². The van der Waals surface area contributed by atoms with Crippen molar-refractivity contribution in [1.82, 2.24) is 0 Å². The third kappa shape index (κ3) is 6.74. The molecule has 0 amide bonds. The molecule has 0 unspecified atom stereocenters. The van der Waals surface area contributed by atoms with Crippen molar-refractivity contribution in [2.75, 3.05) is 11.9 Å². The highest BCUT2D eigenvalue weighted by Gasteiger charge is 2.14. The summed E-state index contributed by atoms with van der Waals surface area (Å²) in [7, 11) is 0. The molecule has 1 rings (SSSR count). The predicted octanol–water partition coefficient (Wildman–Crippen LogP) is 3.78. The number of nitrogens with one attached hydrogen (secondary N) is 1. The van der Waals surface area contributed by atoms with Crippen LogP contribution in [-0.2, 0) is 4.79 Å². The molecule has 0 heterocycles. The average molecular weight is 273 g/mol. The molecule has 0 bridgehead atoms. The van der Waals surface area contributed by atoms with Crippen LogP contribution in [0.4, 0.5) is 14.5 Å². The normalized spacial score (nSPS) is 9.68. The van der Waals surface area contributed by atoms with Gasteiger partial charge in [-0.15, -0.1) is 0 Å². The molecule has 0 saturated heterocycles. The van der Waals surface area contributed by atoms with Crippen LogP contribution in [0.25, 0.3) is 0 Å². The summed E-state index contributed by atoms with van der Waals surface area (Å²) in [4.78, 5) is 9.44. The van der Waals surface area contributed by atoms with Crippen molar-refractivity contribution in [2.24, 2.45) is 0 Å². The highest BCUT2D eigenvalue weighted by Crippen LogP contribution is 2.26. The molecule has 0 fully saturated rings. The van der Waals surface area contributed by atoms with Crippen molar-refractivity contribution in [3.63, 3.8) is 0 Å². The van der Waals surface area contributed by atoms with E-state index in [2.05, 4.69) is 5.32 Å². The van der Waals surface area contributed by atoms with Crippen molar-refractivity contribution in [3.8, 4) is 5.75 Å². The highest BCUT2D eigenvalue weighted by atomic mass is 19.2. The van der Waals surface area contributed by atoms with Gasteiger partial charge in [-0.1, -0.05) is 0 Å². The molecule has 1 aromatic rings. The smallest absolute Gasteiger partial charge is 0.202 e. The number of carbonyl (C=O) groups is 1. The molecule has 3 nitrogen and oxygen atoms in total. The van der Waals surface area contributed by atoms with Gasteiger partial charge in [0.25, 0.3) is 0 Å². The van der Waals surface area contributed by atoms with E-state index in [0.717, 1.165) is 0 Å². The van der Waals surface area contributed by atoms with Gasteiger partial charge in [-0.05, 0) is 46.8 Å². The SMILES string of the molecule is CC(C)=O.CCOc1ccc(NC(C)C)c(F)c1F. The summed E-state index contributed by atoms with van der Waals surface area (Å²) in [5.74, 6) is -1.72. The molecule has 1 N–H and O–H groups in total. The lowest BCUT2D eigenvalue weighted by Crippen LogP contribution is -2.12. The van der Waals surface area contributed by atoms with E-state index in [0.29, 0.717) is 6.61 Å². The highest BCUT2D eigenvalue weighted by molar-refractivity contribution is 5.72. The second kappa shape index (κ2) is 8.45. The van der Waals surface area contributed by atoms with Gasteiger partial charge in [0.05, 0.1) is 12.3 Å². The molecule has 0 aliphatic carbocycles. The van der Waals surface area contributed by atoms with Gasteiger partial charge in [-0.2, -0.15) is 4.39 Å². The lowest BCUT2D eigenvalue weighted by atomic mass is 10.2. The summed E-state index contributed by atoms with van der Waals surface area (Å²) in [5.41, 5.74) is 0.158. The molecule has 0 atom stereocenters. The Hall–Kier alpha value is -1.65. The lowest BCUT2D eigenvalue weighted by Gasteiger charge is -2.13. The van der Waals surface area contributed by atoms with Crippen LogP contribution in [0.2, 0.25) is 0 Å². The maximum Gasteiger partial charge on any atom is 0.202 e. The summed E-state index contributed by atoms with van der Waals surface area (Å²) < 4.78 is 31.7. The summed E-state index contributed by atoms with van der Waals surface area (Å²) in [6.07, 6.45) is 0. The van der Waals surface area contributed by atoms with E-state index in [1.165, 1.54) is 26.0 Å². The zero-order valence-electron chi connectivity index (χ0n) is 12.0. The lowest BCUT2D eigenvalue weighted by molar-refractivity contribution is -0.114. The zero-order valence-corrected chi connectivity index (χ0v) is 12.0. The minimum absolute atomic E-state index is 0.0516. The Kier molecular flexibility index (Phi) is 7.72. The minimum atomic E-state index is -0.942. The molecule has 0 aromatic heterocycles. The third-order valence-corrected chi connectivity index (χ3v) is 1.79. The van der Waals surface area contributed by atoms with Crippen molar-refractivity contribution < 1.29 is 18.3 Å². The van der Waals surface area contributed by atoms with E-state index >= 15 is 0 Å². The number of halogens is 2. The van der Waals surface area contributed by atoms with Crippen molar-refractivity contribution in [2.45, 2.75) is 40.7 Å². The van der Waals surface area contributed by atoms with Crippen molar-refractivity contribution >= 4 is 11.5 Å². The van der Waals surface area contributed by atoms with Crippen LogP contribution < -0.4 is 10.1 Å². The second-order valence-electron chi connectivity index (χ2n) is 4.38. The molecule has 1 aromatic carbocycles. The van der Waals surface area contributed by atoms with E-state index in [4.69, 9.17) is 4.74 Å². The maximum atomic E-state index is 13.4. The van der Waals surface area contributed by atoms with E-state index in [1.54, 1.807) is 6.92 Å². The van der Waals surface area contributed by atoms with Gasteiger partial charge < -0.3 is 14.8 Å². The van der Waals surface area contributed by atoms with E-state index in [9.17, 15) is 13.6 Å². The molecule has 0 aliphatic rings. The van der Waals surface area contributed by atoms with Gasteiger partial charge in [-0.3, -0.25) is 0 Å². The predicted molar refractivity (Wildman–Crippen MR) is 72.6 cm³/mol. The fourth-order valence-electron chi connectivity index (χ4n) is 1.22. The summed E-state index contributed by atoms with van der Waals surface area (Å²) in [6.45, 7) is 8.80. The Balaban J connectivity index is 0.000000711. The van der Waals surface area contributed by atoms with Crippen LogP contribution in [-0.4, -0.2) is 18.4 Å². The topological polar surface area (TPSA) is 38.3 Å². The van der Waals surface area contributed by atoms with Crippen LogP contribution >= 0.6 is 0 Å². The van der Waals surface area contributed by atoms with Crippen molar-refractivity contribution in [3.05, 3.63) is 23.8 Å². The first kappa shape index (κ1) is 17.4. The van der Waals surface area contributed by atoms with Crippen LogP contribution in [0.3, 0.4) is 0 Å². The van der Waals surface area contributed by atoms with Gasteiger partial charge in [0.2, 0.25) is 5.82 Å². The van der Waals surface area contributed by atoms with Gasteiger partial charge in [0, 0.05) is 6.04 Å².